The molecule has 2 aliphatic carbocycles. The van der Waals surface area contributed by atoms with Gasteiger partial charge in [0.15, 0.2) is 0 Å². The van der Waals surface area contributed by atoms with Gasteiger partial charge in [0.05, 0.1) is 5.57 Å². The van der Waals surface area contributed by atoms with Crippen molar-refractivity contribution in [2.24, 2.45) is 5.16 Å². The van der Waals surface area contributed by atoms with Crippen LogP contribution in [0.3, 0.4) is 0 Å². The van der Waals surface area contributed by atoms with Crippen molar-refractivity contribution >= 4 is 55.8 Å². The Morgan fingerprint density at radius 1 is 0.681 bits per heavy atom. The summed E-state index contributed by atoms with van der Waals surface area (Å²) in [6.07, 6.45) is -6.27. The molecule has 0 atom stereocenters. The summed E-state index contributed by atoms with van der Waals surface area (Å²) in [5.74, 6) is -19.5. The molecule has 0 heterocycles. The van der Waals surface area contributed by atoms with Gasteiger partial charge in [-0.05, 0) is 33.5 Å². The van der Waals surface area contributed by atoms with Gasteiger partial charge in [0.1, 0.15) is 11.3 Å². The minimum Gasteiger partial charge on any atom is -0.478 e. The Bertz CT molecular complexity index is 2110. The van der Waals surface area contributed by atoms with Crippen LogP contribution >= 0.6 is 0 Å². The largest absolute Gasteiger partial charge is 0.478 e. The molecule has 0 bridgehead atoms. The van der Waals surface area contributed by atoms with Gasteiger partial charge in [0.25, 0.3) is 0 Å². The molecule has 18 heteroatoms. The van der Waals surface area contributed by atoms with E-state index in [2.05, 4.69) is 9.44 Å². The third-order valence-electron chi connectivity index (χ3n) is 7.18. The molecule has 2 N–H and O–H groups in total. The number of nitrogens with zero attached hydrogens (tertiary/aromatic N) is 1. The Hall–Kier alpha value is -5.13. The maximum Gasteiger partial charge on any atom is 0.460 e. The molecule has 3 aromatic carbocycles. The molecule has 2 aliphatic rings. The summed E-state index contributed by atoms with van der Waals surface area (Å²) in [6.45, 7) is 0. The van der Waals surface area contributed by atoms with Crippen molar-refractivity contribution in [2.45, 2.75) is 23.3 Å². The quantitative estimate of drug-likeness (QED) is 0.197. The summed E-state index contributed by atoms with van der Waals surface area (Å²) in [6, 6.07) is 16.7. The SMILES string of the molecule is O=C(O)C1=C(C(=O)O)C(c2cccc3ccccc23)=C2C(=Cc3ccccc32)C1=NOS(=O)(=O)C(F)(F)C(F)(F)C(F)(F)C(F)(F)F. The van der Waals surface area contributed by atoms with Gasteiger partial charge in [-0.15, -0.1) is 0 Å². The second-order valence-electron chi connectivity index (χ2n) is 9.91. The lowest BCUT2D eigenvalue weighted by molar-refractivity contribution is -0.382. The number of hydrogen-bond donors (Lipinski definition) is 2. The van der Waals surface area contributed by atoms with Gasteiger partial charge in [-0.25, -0.2) is 9.59 Å². The fourth-order valence-electron chi connectivity index (χ4n) is 5.06. The topological polar surface area (TPSA) is 130 Å². The number of carboxylic acids is 2. The zero-order valence-corrected chi connectivity index (χ0v) is 23.4. The highest BCUT2D eigenvalue weighted by Crippen LogP contribution is 2.55. The van der Waals surface area contributed by atoms with E-state index in [0.717, 1.165) is 6.08 Å². The van der Waals surface area contributed by atoms with E-state index in [0.29, 0.717) is 10.8 Å². The van der Waals surface area contributed by atoms with E-state index in [1.807, 2.05) is 0 Å². The molecule has 0 spiro atoms. The Labute approximate surface area is 256 Å². The van der Waals surface area contributed by atoms with Crippen LogP contribution < -0.4 is 0 Å². The molecule has 8 nitrogen and oxygen atoms in total. The molecule has 0 aliphatic heterocycles. The third kappa shape index (κ3) is 4.85. The molecule has 47 heavy (non-hydrogen) atoms. The van der Waals surface area contributed by atoms with Gasteiger partial charge in [-0.1, -0.05) is 71.9 Å². The number of carboxylic acid groups (broad SMARTS) is 2. The van der Waals surface area contributed by atoms with Crippen LogP contribution in [0.2, 0.25) is 0 Å². The van der Waals surface area contributed by atoms with Gasteiger partial charge >= 0.3 is 45.3 Å². The highest BCUT2D eigenvalue weighted by molar-refractivity contribution is 7.87. The summed E-state index contributed by atoms with van der Waals surface area (Å²) in [5, 5.41) is 16.7. The number of fused-ring (bicyclic) bond motifs is 4. The summed E-state index contributed by atoms with van der Waals surface area (Å²) in [5.41, 5.74) is -4.35. The Balaban J connectivity index is 1.79. The number of carbonyl (C=O) groups is 2. The van der Waals surface area contributed by atoms with E-state index >= 15 is 0 Å². The average molecular weight is 691 g/mol. The highest BCUT2D eigenvalue weighted by Gasteiger charge is 2.86. The van der Waals surface area contributed by atoms with Crippen LogP contribution in [-0.2, 0) is 24.0 Å². The molecule has 3 aromatic rings. The molecule has 0 fully saturated rings. The predicted molar refractivity (Wildman–Crippen MR) is 146 cm³/mol. The van der Waals surface area contributed by atoms with E-state index in [9.17, 15) is 67.7 Å². The van der Waals surface area contributed by atoms with E-state index in [1.54, 1.807) is 30.3 Å². The van der Waals surface area contributed by atoms with Crippen LogP contribution in [0.15, 0.2) is 88.6 Å². The van der Waals surface area contributed by atoms with Gasteiger partial charge in [-0.3, -0.25) is 4.28 Å². The zero-order valence-electron chi connectivity index (χ0n) is 22.6. The van der Waals surface area contributed by atoms with Crippen molar-refractivity contribution in [1.82, 2.24) is 0 Å². The predicted octanol–water partition coefficient (Wildman–Crippen LogP) is 6.76. The molecular formula is C29H14F9NO7S. The molecule has 0 radical (unpaired) electrons. The number of hydrogen-bond acceptors (Lipinski definition) is 6. The lowest BCUT2D eigenvalue weighted by Gasteiger charge is -2.32. The normalized spacial score (nSPS) is 16.7. The first-order chi connectivity index (χ1) is 21.7. The third-order valence-corrected chi connectivity index (χ3v) is 8.34. The molecule has 0 saturated heterocycles. The number of aliphatic carboxylic acids is 2. The second-order valence-corrected chi connectivity index (χ2v) is 11.5. The number of benzene rings is 3. The summed E-state index contributed by atoms with van der Waals surface area (Å²) >= 11 is 0. The molecule has 246 valence electrons. The number of allylic oxidation sites excluding steroid dienone is 2. The van der Waals surface area contributed by atoms with E-state index < -0.39 is 67.8 Å². The van der Waals surface area contributed by atoms with Crippen molar-refractivity contribution in [3.63, 3.8) is 0 Å². The lowest BCUT2D eigenvalue weighted by atomic mass is 9.77. The molecule has 5 rings (SSSR count). The van der Waals surface area contributed by atoms with E-state index in [1.165, 1.54) is 36.4 Å². The van der Waals surface area contributed by atoms with Gasteiger partial charge in [0, 0.05) is 16.7 Å². The first-order valence-electron chi connectivity index (χ1n) is 12.6. The van der Waals surface area contributed by atoms with Gasteiger partial charge in [0.2, 0.25) is 0 Å². The Kier molecular flexibility index (Phi) is 7.58. The smallest absolute Gasteiger partial charge is 0.460 e. The number of rotatable bonds is 8. The molecular weight excluding hydrogens is 677 g/mol. The Morgan fingerprint density at radius 3 is 1.85 bits per heavy atom. The highest BCUT2D eigenvalue weighted by atomic mass is 32.2. The first kappa shape index (κ1) is 33.2. The number of halogens is 9. The average Bonchev–Trinajstić information content (AvgIpc) is 3.37. The van der Waals surface area contributed by atoms with Crippen LogP contribution in [0.1, 0.15) is 16.7 Å². The standard InChI is InChI=1S/C29H14F9NO7S/c30-26(31,28(34,35)36)27(32,33)29(37,38)47(44,45)46-39-23-18-12-14-7-2-4-10-16(14)19(18)20(21(24(40)41)22(23)25(42)43)17-11-5-8-13-6-1-3-9-15(13)17/h1-12H,(H,40,41)(H,42,43). The Morgan fingerprint density at radius 2 is 1.23 bits per heavy atom. The second kappa shape index (κ2) is 10.7. The summed E-state index contributed by atoms with van der Waals surface area (Å²) in [4.78, 5) is 25.3. The van der Waals surface area contributed by atoms with E-state index in [-0.39, 0.29) is 27.8 Å². The van der Waals surface area contributed by atoms with Crippen LogP contribution in [0.4, 0.5) is 39.5 Å². The molecule has 0 saturated carbocycles. The van der Waals surface area contributed by atoms with Crippen molar-refractivity contribution in [3.05, 3.63) is 100 Å². The van der Waals surface area contributed by atoms with Crippen LogP contribution in [0, 0.1) is 0 Å². The number of oxime groups is 1. The monoisotopic (exact) mass is 691 g/mol. The zero-order chi connectivity index (χ0) is 34.9. The number of alkyl halides is 9. The maximum atomic E-state index is 14.4. The summed E-state index contributed by atoms with van der Waals surface area (Å²) in [7, 11) is -7.59. The van der Waals surface area contributed by atoms with Crippen LogP contribution in [0.5, 0.6) is 0 Å². The van der Waals surface area contributed by atoms with Crippen LogP contribution in [-0.4, -0.2) is 59.6 Å². The molecule has 0 unspecified atom stereocenters. The lowest BCUT2D eigenvalue weighted by Crippen LogP contribution is -2.63. The maximum absolute atomic E-state index is 14.4. The van der Waals surface area contributed by atoms with Gasteiger partial charge < -0.3 is 10.2 Å². The van der Waals surface area contributed by atoms with E-state index in [4.69, 9.17) is 0 Å². The minimum absolute atomic E-state index is 0.116. The first-order valence-corrected chi connectivity index (χ1v) is 14.1. The van der Waals surface area contributed by atoms with Crippen molar-refractivity contribution in [1.29, 1.82) is 0 Å². The van der Waals surface area contributed by atoms with Crippen molar-refractivity contribution < 1.29 is 72.0 Å². The summed E-state index contributed by atoms with van der Waals surface area (Å²) < 4.78 is 149. The van der Waals surface area contributed by atoms with Gasteiger partial charge in [-0.2, -0.15) is 47.9 Å². The fraction of sp³-hybridized carbons (Fsp3) is 0.138. The molecule has 0 amide bonds. The minimum atomic E-state index is -7.67. The fourth-order valence-corrected chi connectivity index (χ4v) is 5.77. The van der Waals surface area contributed by atoms with Crippen molar-refractivity contribution in [3.8, 4) is 0 Å². The van der Waals surface area contributed by atoms with Crippen LogP contribution in [0.25, 0.3) is 28.0 Å². The van der Waals surface area contributed by atoms with Crippen molar-refractivity contribution in [2.75, 3.05) is 0 Å². The molecule has 0 aromatic heterocycles.